The molecule has 0 spiro atoms. The van der Waals surface area contributed by atoms with Gasteiger partial charge in [-0.3, -0.25) is 4.79 Å². The number of anilines is 2. The largest absolute Gasteiger partial charge is 0.464 e. The van der Waals surface area contributed by atoms with Crippen molar-refractivity contribution in [1.82, 2.24) is 9.55 Å². The highest BCUT2D eigenvalue weighted by Gasteiger charge is 2.30. The van der Waals surface area contributed by atoms with E-state index >= 15 is 0 Å². The normalized spacial score (nSPS) is 19.0. The number of ether oxygens (including phenoxy) is 2. The topological polar surface area (TPSA) is 94.5 Å². The molecule has 3 heterocycles. The fourth-order valence-corrected chi connectivity index (χ4v) is 5.33. The molecule has 8 nitrogen and oxygen atoms in total. The van der Waals surface area contributed by atoms with E-state index in [0.717, 1.165) is 49.7 Å². The van der Waals surface area contributed by atoms with Crippen molar-refractivity contribution in [3.05, 3.63) is 66.0 Å². The molecule has 0 saturated carbocycles. The molecule has 38 heavy (non-hydrogen) atoms. The van der Waals surface area contributed by atoms with E-state index in [4.69, 9.17) is 14.5 Å². The molecular weight excluding hydrogens is 480 g/mol. The number of esters is 1. The number of rotatable bonds is 10. The highest BCUT2D eigenvalue weighted by molar-refractivity contribution is 6.11. The van der Waals surface area contributed by atoms with Gasteiger partial charge in [0.15, 0.2) is 5.69 Å². The summed E-state index contributed by atoms with van der Waals surface area (Å²) in [5.74, 6) is -0.316. The number of amides is 1. The van der Waals surface area contributed by atoms with Crippen LogP contribution in [0.1, 0.15) is 48.2 Å². The molecular formula is C30H36N4O4. The number of methoxy groups -OCH3 is 1. The van der Waals surface area contributed by atoms with Crippen molar-refractivity contribution < 1.29 is 19.1 Å². The van der Waals surface area contributed by atoms with E-state index in [9.17, 15) is 9.59 Å². The molecule has 2 aromatic heterocycles. The van der Waals surface area contributed by atoms with Crippen LogP contribution in [0.25, 0.3) is 11.0 Å². The lowest BCUT2D eigenvalue weighted by Crippen LogP contribution is -2.24. The fraction of sp³-hybridized carbons (Fsp3) is 0.433. The van der Waals surface area contributed by atoms with Crippen LogP contribution in [0.3, 0.4) is 0 Å². The van der Waals surface area contributed by atoms with Gasteiger partial charge in [-0.2, -0.15) is 0 Å². The fourth-order valence-electron chi connectivity index (χ4n) is 5.33. The zero-order chi connectivity index (χ0) is 26.3. The predicted molar refractivity (Wildman–Crippen MR) is 148 cm³/mol. The summed E-state index contributed by atoms with van der Waals surface area (Å²) in [6.45, 7) is 2.36. The van der Waals surface area contributed by atoms with Crippen molar-refractivity contribution in [2.75, 3.05) is 37.5 Å². The van der Waals surface area contributed by atoms with Gasteiger partial charge in [0.25, 0.3) is 0 Å². The van der Waals surface area contributed by atoms with Crippen LogP contribution in [0.15, 0.2) is 54.7 Å². The van der Waals surface area contributed by atoms with E-state index in [1.807, 2.05) is 35.0 Å². The first-order valence-corrected chi connectivity index (χ1v) is 13.6. The minimum Gasteiger partial charge on any atom is -0.464 e. The molecule has 200 valence electrons. The Bertz CT molecular complexity index is 1290. The molecule has 2 unspecified atom stereocenters. The van der Waals surface area contributed by atoms with E-state index in [2.05, 4.69) is 34.9 Å². The van der Waals surface area contributed by atoms with Crippen LogP contribution in [0.5, 0.6) is 0 Å². The summed E-state index contributed by atoms with van der Waals surface area (Å²) in [5, 5.41) is 7.31. The molecule has 1 fully saturated rings. The number of carbonyl (C=O) groups excluding carboxylic acids is 2. The molecule has 8 heteroatoms. The number of aryl methyl sites for hydroxylation is 2. The first kappa shape index (κ1) is 26.0. The Labute approximate surface area is 223 Å². The third-order valence-electron chi connectivity index (χ3n) is 7.49. The van der Waals surface area contributed by atoms with Crippen molar-refractivity contribution in [2.45, 2.75) is 45.1 Å². The van der Waals surface area contributed by atoms with Gasteiger partial charge in [-0.05, 0) is 56.1 Å². The second kappa shape index (κ2) is 12.3. The Balaban J connectivity index is 1.47. The number of benzene rings is 1. The summed E-state index contributed by atoms with van der Waals surface area (Å²) in [4.78, 5) is 31.0. The predicted octanol–water partition coefficient (Wildman–Crippen LogP) is 5.20. The number of nitrogens with one attached hydrogen (secondary N) is 2. The SMILES string of the molecule is COC(=O)c1c(NC(=O)C2CCOC2)c2cc(NCC3CC=CCC3)cnc2n1CCCc1ccccc1. The maximum absolute atomic E-state index is 13.2. The van der Waals surface area contributed by atoms with Gasteiger partial charge in [0.1, 0.15) is 5.65 Å². The highest BCUT2D eigenvalue weighted by atomic mass is 16.5. The molecule has 1 aromatic carbocycles. The lowest BCUT2D eigenvalue weighted by atomic mass is 9.94. The second-order valence-electron chi connectivity index (χ2n) is 10.1. The second-order valence-corrected chi connectivity index (χ2v) is 10.1. The first-order chi connectivity index (χ1) is 18.6. The minimum absolute atomic E-state index is 0.150. The molecule has 1 aliphatic carbocycles. The summed E-state index contributed by atoms with van der Waals surface area (Å²) >= 11 is 0. The molecule has 5 rings (SSSR count). The number of pyridine rings is 1. The smallest absolute Gasteiger partial charge is 0.356 e. The number of fused-ring (bicyclic) bond motifs is 1. The molecule has 0 radical (unpaired) electrons. The number of nitrogens with zero attached hydrogens (tertiary/aromatic N) is 2. The highest BCUT2D eigenvalue weighted by Crippen LogP contribution is 2.34. The number of hydrogen-bond acceptors (Lipinski definition) is 6. The molecule has 1 saturated heterocycles. The Morgan fingerprint density at radius 1 is 1.18 bits per heavy atom. The number of aromatic nitrogens is 2. The minimum atomic E-state index is -0.496. The Hall–Kier alpha value is -3.65. The zero-order valence-corrected chi connectivity index (χ0v) is 21.9. The maximum Gasteiger partial charge on any atom is 0.356 e. The summed E-state index contributed by atoms with van der Waals surface area (Å²) in [6.07, 6.45) is 12.0. The van der Waals surface area contributed by atoms with Gasteiger partial charge in [0.05, 0.1) is 37.2 Å². The lowest BCUT2D eigenvalue weighted by Gasteiger charge is -2.18. The molecule has 1 aliphatic heterocycles. The molecule has 2 atom stereocenters. The average molecular weight is 517 g/mol. The lowest BCUT2D eigenvalue weighted by molar-refractivity contribution is -0.119. The van der Waals surface area contributed by atoms with Crippen LogP contribution >= 0.6 is 0 Å². The molecule has 2 aliphatic rings. The Morgan fingerprint density at radius 2 is 2.05 bits per heavy atom. The van der Waals surface area contributed by atoms with Crippen LogP contribution in [-0.2, 0) is 27.2 Å². The maximum atomic E-state index is 13.2. The van der Waals surface area contributed by atoms with Crippen LogP contribution in [0, 0.1) is 11.8 Å². The summed E-state index contributed by atoms with van der Waals surface area (Å²) < 4.78 is 12.5. The third-order valence-corrected chi connectivity index (χ3v) is 7.49. The zero-order valence-electron chi connectivity index (χ0n) is 21.9. The number of carbonyl (C=O) groups is 2. The summed E-state index contributed by atoms with van der Waals surface area (Å²) in [5.41, 5.74) is 3.53. The van der Waals surface area contributed by atoms with Crippen molar-refractivity contribution in [1.29, 1.82) is 0 Å². The van der Waals surface area contributed by atoms with Crippen molar-refractivity contribution in [3.63, 3.8) is 0 Å². The van der Waals surface area contributed by atoms with E-state index < -0.39 is 5.97 Å². The van der Waals surface area contributed by atoms with Crippen LogP contribution in [0.4, 0.5) is 11.4 Å². The molecule has 3 aromatic rings. The number of allylic oxidation sites excluding steroid dienone is 2. The average Bonchev–Trinajstić information content (AvgIpc) is 3.60. The van der Waals surface area contributed by atoms with Crippen molar-refractivity contribution in [2.24, 2.45) is 11.8 Å². The van der Waals surface area contributed by atoms with Gasteiger partial charge in [0, 0.05) is 25.1 Å². The summed E-state index contributed by atoms with van der Waals surface area (Å²) in [6, 6.07) is 12.2. The van der Waals surface area contributed by atoms with Crippen LogP contribution in [0.2, 0.25) is 0 Å². The van der Waals surface area contributed by atoms with Gasteiger partial charge in [-0.1, -0.05) is 42.5 Å². The Kier molecular flexibility index (Phi) is 8.38. The molecule has 0 bridgehead atoms. The van der Waals surface area contributed by atoms with Crippen LogP contribution < -0.4 is 10.6 Å². The van der Waals surface area contributed by atoms with E-state index in [1.165, 1.54) is 12.7 Å². The van der Waals surface area contributed by atoms with Crippen LogP contribution in [-0.4, -0.2) is 48.3 Å². The molecule has 1 amide bonds. The van der Waals surface area contributed by atoms with Gasteiger partial charge in [0.2, 0.25) is 5.91 Å². The van der Waals surface area contributed by atoms with E-state index in [0.29, 0.717) is 49.1 Å². The Morgan fingerprint density at radius 3 is 2.79 bits per heavy atom. The van der Waals surface area contributed by atoms with Gasteiger partial charge in [-0.15, -0.1) is 0 Å². The van der Waals surface area contributed by atoms with Gasteiger partial charge in [-0.25, -0.2) is 9.78 Å². The van der Waals surface area contributed by atoms with E-state index in [1.54, 1.807) is 0 Å². The van der Waals surface area contributed by atoms with Gasteiger partial charge < -0.3 is 24.7 Å². The van der Waals surface area contributed by atoms with Crippen molar-refractivity contribution in [3.8, 4) is 0 Å². The standard InChI is InChI=1S/C30H36N4O4/c1-37-30(36)27-26(33-29(35)23-14-16-38-20-23)25-17-24(31-18-22-11-6-3-7-12-22)19-32-28(25)34(27)15-8-13-21-9-4-2-5-10-21/h2-6,9-10,17,19,22-23,31H,7-8,11-16,18,20H2,1H3,(H,33,35). The summed E-state index contributed by atoms with van der Waals surface area (Å²) in [7, 11) is 1.36. The monoisotopic (exact) mass is 516 g/mol. The number of hydrogen-bond donors (Lipinski definition) is 2. The quantitative estimate of drug-likeness (QED) is 0.284. The first-order valence-electron chi connectivity index (χ1n) is 13.6. The third kappa shape index (κ3) is 5.91. The van der Waals surface area contributed by atoms with Gasteiger partial charge >= 0.3 is 5.97 Å². The van der Waals surface area contributed by atoms with Crippen molar-refractivity contribution >= 4 is 34.3 Å². The van der Waals surface area contributed by atoms with E-state index in [-0.39, 0.29) is 11.8 Å². The molecule has 2 N–H and O–H groups in total.